The van der Waals surface area contributed by atoms with E-state index in [0.29, 0.717) is 21.3 Å². The predicted molar refractivity (Wildman–Crippen MR) is 102 cm³/mol. The molecule has 8 heteroatoms. The molecule has 134 valence electrons. The zero-order valence-electron chi connectivity index (χ0n) is 13.7. The van der Waals surface area contributed by atoms with Crippen molar-refractivity contribution in [2.24, 2.45) is 0 Å². The van der Waals surface area contributed by atoms with Crippen LogP contribution in [0.4, 0.5) is 5.69 Å². The lowest BCUT2D eigenvalue weighted by Gasteiger charge is -2.18. The van der Waals surface area contributed by atoms with E-state index in [2.05, 4.69) is 10.0 Å². The summed E-state index contributed by atoms with van der Waals surface area (Å²) in [5.41, 5.74) is 2.09. The third kappa shape index (κ3) is 6.32. The molecule has 25 heavy (non-hydrogen) atoms. The number of rotatable bonds is 6. The van der Waals surface area contributed by atoms with Gasteiger partial charge in [-0.15, -0.1) is 0 Å². The normalized spacial score (nSPS) is 12.6. The molecule has 2 aromatic rings. The van der Waals surface area contributed by atoms with Gasteiger partial charge in [-0.1, -0.05) is 41.4 Å². The molecule has 0 aliphatic rings. The van der Waals surface area contributed by atoms with Crippen LogP contribution in [0.5, 0.6) is 0 Å². The van der Waals surface area contributed by atoms with Gasteiger partial charge in [0.05, 0.1) is 12.3 Å². The second-order valence-corrected chi connectivity index (χ2v) is 8.36. The lowest BCUT2D eigenvalue weighted by Crippen LogP contribution is -2.30. The molecule has 0 heterocycles. The standard InChI is InChI=1S/C17H18Cl2N2O3S/c1-11-3-6-14(19)9-15(11)20-17(22)10-16(21-25(2,23)24)12-4-7-13(18)8-5-12/h3-9,16,21H,10H2,1-2H3,(H,20,22)/t16-/m0/s1. The summed E-state index contributed by atoms with van der Waals surface area (Å²) in [6.45, 7) is 1.84. The van der Waals surface area contributed by atoms with Gasteiger partial charge in [0.15, 0.2) is 0 Å². The number of sulfonamides is 1. The Balaban J connectivity index is 2.19. The van der Waals surface area contributed by atoms with Gasteiger partial charge < -0.3 is 5.32 Å². The summed E-state index contributed by atoms with van der Waals surface area (Å²) in [6, 6.07) is 11.1. The van der Waals surface area contributed by atoms with Crippen LogP contribution in [-0.4, -0.2) is 20.6 Å². The SMILES string of the molecule is Cc1ccc(Cl)cc1NC(=O)C[C@H](NS(C)(=O)=O)c1ccc(Cl)cc1. The first kappa shape index (κ1) is 19.7. The number of anilines is 1. The fraction of sp³-hybridized carbons (Fsp3) is 0.235. The van der Waals surface area contributed by atoms with Crippen molar-refractivity contribution in [3.8, 4) is 0 Å². The number of nitrogens with one attached hydrogen (secondary N) is 2. The quantitative estimate of drug-likeness (QED) is 0.771. The average Bonchev–Trinajstić information content (AvgIpc) is 2.49. The number of benzene rings is 2. The van der Waals surface area contributed by atoms with Crippen LogP contribution in [-0.2, 0) is 14.8 Å². The third-order valence-corrected chi connectivity index (χ3v) is 4.69. The van der Waals surface area contributed by atoms with E-state index in [1.165, 1.54) is 0 Å². The van der Waals surface area contributed by atoms with Gasteiger partial charge >= 0.3 is 0 Å². The zero-order valence-corrected chi connectivity index (χ0v) is 16.0. The molecule has 0 fully saturated rings. The van der Waals surface area contributed by atoms with Crippen LogP contribution in [0.2, 0.25) is 10.0 Å². The van der Waals surface area contributed by atoms with Crippen LogP contribution in [0.15, 0.2) is 42.5 Å². The molecule has 0 aliphatic heterocycles. The van der Waals surface area contributed by atoms with Crippen molar-refractivity contribution >= 4 is 44.8 Å². The van der Waals surface area contributed by atoms with Gasteiger partial charge in [-0.3, -0.25) is 4.79 Å². The van der Waals surface area contributed by atoms with Crippen molar-refractivity contribution < 1.29 is 13.2 Å². The minimum Gasteiger partial charge on any atom is -0.326 e. The number of aryl methyl sites for hydroxylation is 1. The Morgan fingerprint density at radius 3 is 2.28 bits per heavy atom. The van der Waals surface area contributed by atoms with E-state index in [-0.39, 0.29) is 12.3 Å². The molecule has 0 spiro atoms. The molecule has 1 atom stereocenters. The van der Waals surface area contributed by atoms with Crippen LogP contribution in [0, 0.1) is 6.92 Å². The lowest BCUT2D eigenvalue weighted by molar-refractivity contribution is -0.116. The Kier molecular flexibility index (Phi) is 6.46. The molecule has 5 nitrogen and oxygen atoms in total. The fourth-order valence-electron chi connectivity index (χ4n) is 2.30. The van der Waals surface area contributed by atoms with Crippen molar-refractivity contribution in [2.75, 3.05) is 11.6 Å². The molecule has 0 saturated carbocycles. The first-order valence-electron chi connectivity index (χ1n) is 7.43. The molecular formula is C17H18Cl2N2O3S. The molecule has 0 saturated heterocycles. The Morgan fingerprint density at radius 1 is 1.08 bits per heavy atom. The first-order chi connectivity index (χ1) is 11.6. The number of hydrogen-bond donors (Lipinski definition) is 2. The van der Waals surface area contributed by atoms with Crippen molar-refractivity contribution in [3.05, 3.63) is 63.6 Å². The second-order valence-electron chi connectivity index (χ2n) is 5.71. The van der Waals surface area contributed by atoms with E-state index in [9.17, 15) is 13.2 Å². The number of hydrogen-bond acceptors (Lipinski definition) is 3. The van der Waals surface area contributed by atoms with E-state index in [0.717, 1.165) is 11.8 Å². The molecule has 2 rings (SSSR count). The predicted octanol–water partition coefficient (Wildman–Crippen LogP) is 3.92. The molecule has 0 radical (unpaired) electrons. The first-order valence-corrected chi connectivity index (χ1v) is 10.1. The largest absolute Gasteiger partial charge is 0.326 e. The van der Waals surface area contributed by atoms with Gasteiger partial charge in [-0.25, -0.2) is 13.1 Å². The molecule has 0 aliphatic carbocycles. The van der Waals surface area contributed by atoms with Gasteiger partial charge in [0, 0.05) is 22.2 Å². The van der Waals surface area contributed by atoms with Crippen LogP contribution in [0.25, 0.3) is 0 Å². The van der Waals surface area contributed by atoms with E-state index < -0.39 is 16.1 Å². The van der Waals surface area contributed by atoms with E-state index in [1.807, 2.05) is 6.92 Å². The third-order valence-electron chi connectivity index (χ3n) is 3.49. The summed E-state index contributed by atoms with van der Waals surface area (Å²) >= 11 is 11.8. The highest BCUT2D eigenvalue weighted by atomic mass is 35.5. The van der Waals surface area contributed by atoms with Gasteiger partial charge in [-0.05, 0) is 42.3 Å². The molecule has 2 N–H and O–H groups in total. The highest BCUT2D eigenvalue weighted by Gasteiger charge is 2.20. The van der Waals surface area contributed by atoms with Gasteiger partial charge in [-0.2, -0.15) is 0 Å². The summed E-state index contributed by atoms with van der Waals surface area (Å²) in [6.07, 6.45) is 0.982. The Morgan fingerprint density at radius 2 is 1.68 bits per heavy atom. The fourth-order valence-corrected chi connectivity index (χ4v) is 3.33. The van der Waals surface area contributed by atoms with Crippen LogP contribution in [0.1, 0.15) is 23.6 Å². The smallest absolute Gasteiger partial charge is 0.226 e. The monoisotopic (exact) mass is 400 g/mol. The lowest BCUT2D eigenvalue weighted by atomic mass is 10.0. The van der Waals surface area contributed by atoms with Gasteiger partial charge in [0.25, 0.3) is 0 Å². The molecule has 0 unspecified atom stereocenters. The van der Waals surface area contributed by atoms with Crippen molar-refractivity contribution in [1.29, 1.82) is 0 Å². The number of amides is 1. The van der Waals surface area contributed by atoms with Gasteiger partial charge in [0.1, 0.15) is 0 Å². The number of carbonyl (C=O) groups is 1. The zero-order chi connectivity index (χ0) is 18.6. The molecular weight excluding hydrogens is 383 g/mol. The summed E-state index contributed by atoms with van der Waals surface area (Å²) in [7, 11) is -3.50. The van der Waals surface area contributed by atoms with E-state index in [4.69, 9.17) is 23.2 Å². The highest BCUT2D eigenvalue weighted by molar-refractivity contribution is 7.88. The number of halogens is 2. The van der Waals surface area contributed by atoms with Crippen LogP contribution >= 0.6 is 23.2 Å². The Hall–Kier alpha value is -1.60. The van der Waals surface area contributed by atoms with E-state index >= 15 is 0 Å². The molecule has 2 aromatic carbocycles. The van der Waals surface area contributed by atoms with Gasteiger partial charge in [0.2, 0.25) is 15.9 Å². The second kappa shape index (κ2) is 8.19. The Bertz CT molecular complexity index is 868. The minimum atomic E-state index is -3.50. The maximum Gasteiger partial charge on any atom is 0.226 e. The Labute approximate surface area is 157 Å². The van der Waals surface area contributed by atoms with Crippen molar-refractivity contribution in [1.82, 2.24) is 4.72 Å². The molecule has 1 amide bonds. The summed E-state index contributed by atoms with van der Waals surface area (Å²) in [5.74, 6) is -0.332. The molecule has 0 bridgehead atoms. The minimum absolute atomic E-state index is 0.0688. The summed E-state index contributed by atoms with van der Waals surface area (Å²) in [4.78, 5) is 12.4. The van der Waals surface area contributed by atoms with Crippen molar-refractivity contribution in [3.63, 3.8) is 0 Å². The summed E-state index contributed by atoms with van der Waals surface area (Å²) in [5, 5.41) is 3.80. The highest BCUT2D eigenvalue weighted by Crippen LogP contribution is 2.23. The molecule has 0 aromatic heterocycles. The van der Waals surface area contributed by atoms with E-state index in [1.54, 1.807) is 42.5 Å². The topological polar surface area (TPSA) is 75.3 Å². The van der Waals surface area contributed by atoms with Crippen molar-refractivity contribution in [2.45, 2.75) is 19.4 Å². The van der Waals surface area contributed by atoms with Crippen LogP contribution in [0.3, 0.4) is 0 Å². The number of carbonyl (C=O) groups excluding carboxylic acids is 1. The average molecular weight is 401 g/mol. The maximum absolute atomic E-state index is 12.4. The summed E-state index contributed by atoms with van der Waals surface area (Å²) < 4.78 is 25.7. The maximum atomic E-state index is 12.4. The van der Waals surface area contributed by atoms with Crippen LogP contribution < -0.4 is 10.0 Å².